The first-order valence-electron chi connectivity index (χ1n) is 6.50. The number of hydrogen-bond acceptors (Lipinski definition) is 5. The summed E-state index contributed by atoms with van der Waals surface area (Å²) in [6.45, 7) is 0.207. The molecule has 0 aliphatic carbocycles. The van der Waals surface area contributed by atoms with Crippen molar-refractivity contribution < 1.29 is 24.6 Å². The zero-order valence-electron chi connectivity index (χ0n) is 11.1. The molecule has 3 rings (SSSR count). The highest BCUT2D eigenvalue weighted by molar-refractivity contribution is 5.90. The number of benzene rings is 1. The van der Waals surface area contributed by atoms with Gasteiger partial charge in [-0.05, 0) is 23.3 Å². The Morgan fingerprint density at radius 2 is 2.19 bits per heavy atom. The Bertz CT molecular complexity index is 605. The number of amides is 3. The molecular formula is C13H15N3O5. The number of nitrogens with zero attached hydrogens (tertiary/aromatic N) is 2. The second kappa shape index (κ2) is 4.90. The van der Waals surface area contributed by atoms with Gasteiger partial charge in [0.05, 0.1) is 13.2 Å². The molecule has 112 valence electrons. The van der Waals surface area contributed by atoms with E-state index in [2.05, 4.69) is 0 Å². The highest BCUT2D eigenvalue weighted by atomic mass is 16.5. The maximum Gasteiger partial charge on any atom is 0.345 e. The molecule has 1 fully saturated rings. The van der Waals surface area contributed by atoms with Crippen molar-refractivity contribution in [1.82, 2.24) is 9.96 Å². The van der Waals surface area contributed by atoms with Gasteiger partial charge >= 0.3 is 6.03 Å². The van der Waals surface area contributed by atoms with E-state index in [4.69, 9.17) is 15.6 Å². The average Bonchev–Trinajstić information content (AvgIpc) is 2.72. The zero-order chi connectivity index (χ0) is 15.1. The van der Waals surface area contributed by atoms with Gasteiger partial charge in [0.2, 0.25) is 5.91 Å². The van der Waals surface area contributed by atoms with E-state index in [1.54, 1.807) is 18.2 Å². The molecule has 1 unspecified atom stereocenters. The van der Waals surface area contributed by atoms with Crippen LogP contribution in [0, 0.1) is 0 Å². The van der Waals surface area contributed by atoms with Crippen LogP contribution >= 0.6 is 0 Å². The molecule has 1 aromatic rings. The first-order valence-corrected chi connectivity index (χ1v) is 6.50. The average molecular weight is 293 g/mol. The summed E-state index contributed by atoms with van der Waals surface area (Å²) in [5, 5.41) is 19.3. The molecule has 1 saturated heterocycles. The van der Waals surface area contributed by atoms with Crippen LogP contribution in [0.25, 0.3) is 0 Å². The number of ether oxygens (including phenoxy) is 1. The summed E-state index contributed by atoms with van der Waals surface area (Å²) in [5.41, 5.74) is 6.60. The minimum absolute atomic E-state index is 0.122. The van der Waals surface area contributed by atoms with Crippen LogP contribution in [0.3, 0.4) is 0 Å². The second-order valence-corrected chi connectivity index (χ2v) is 4.96. The minimum atomic E-state index is -0.896. The number of primary amides is 1. The van der Waals surface area contributed by atoms with Crippen molar-refractivity contribution in [3.8, 4) is 5.75 Å². The molecule has 2 bridgehead atoms. The maximum atomic E-state index is 12.0. The predicted octanol–water partition coefficient (Wildman–Crippen LogP) is -0.234. The number of aliphatic hydroxyl groups excluding tert-OH is 1. The molecule has 4 N–H and O–H groups in total. The number of hydroxylamine groups is 2. The van der Waals surface area contributed by atoms with Crippen LogP contribution in [0.5, 0.6) is 5.75 Å². The van der Waals surface area contributed by atoms with E-state index < -0.39 is 24.0 Å². The van der Waals surface area contributed by atoms with Crippen molar-refractivity contribution in [2.45, 2.75) is 12.1 Å². The highest BCUT2D eigenvalue weighted by Gasteiger charge is 2.49. The Balaban J connectivity index is 2.05. The van der Waals surface area contributed by atoms with E-state index in [1.165, 1.54) is 4.90 Å². The Kier molecular flexibility index (Phi) is 3.19. The zero-order valence-corrected chi connectivity index (χ0v) is 11.1. The SMILES string of the molecule is NC(=O)C1c2ccc(OCCO)cc2[C@H]2CN1C(=O)N2O. The van der Waals surface area contributed by atoms with Crippen molar-refractivity contribution in [2.24, 2.45) is 5.73 Å². The molecule has 2 atom stereocenters. The van der Waals surface area contributed by atoms with Gasteiger partial charge in [0.25, 0.3) is 0 Å². The molecule has 0 saturated carbocycles. The Hall–Kier alpha value is -2.32. The van der Waals surface area contributed by atoms with Gasteiger partial charge in [0.1, 0.15) is 24.4 Å². The fourth-order valence-corrected chi connectivity index (χ4v) is 2.87. The number of urea groups is 1. The second-order valence-electron chi connectivity index (χ2n) is 4.96. The van der Waals surface area contributed by atoms with Crippen molar-refractivity contribution in [3.63, 3.8) is 0 Å². The van der Waals surface area contributed by atoms with Gasteiger partial charge in [-0.1, -0.05) is 6.07 Å². The molecule has 0 spiro atoms. The molecule has 1 aromatic carbocycles. The third kappa shape index (κ3) is 1.99. The molecular weight excluding hydrogens is 278 g/mol. The molecule has 2 aliphatic heterocycles. The van der Waals surface area contributed by atoms with Crippen LogP contribution in [-0.2, 0) is 4.79 Å². The molecule has 0 aromatic heterocycles. The minimum Gasteiger partial charge on any atom is -0.491 e. The molecule has 2 heterocycles. The lowest BCUT2D eigenvalue weighted by Crippen LogP contribution is -2.41. The van der Waals surface area contributed by atoms with E-state index in [0.717, 1.165) is 0 Å². The van der Waals surface area contributed by atoms with Crippen molar-refractivity contribution >= 4 is 11.9 Å². The summed E-state index contributed by atoms with van der Waals surface area (Å²) in [7, 11) is 0. The van der Waals surface area contributed by atoms with Crippen LogP contribution in [0.1, 0.15) is 23.2 Å². The fourth-order valence-electron chi connectivity index (χ4n) is 2.87. The lowest BCUT2D eigenvalue weighted by molar-refractivity contribution is -0.122. The predicted molar refractivity (Wildman–Crippen MR) is 69.4 cm³/mol. The number of aliphatic hydroxyl groups is 1. The van der Waals surface area contributed by atoms with Crippen molar-refractivity contribution in [1.29, 1.82) is 0 Å². The number of fused-ring (bicyclic) bond motifs is 4. The fraction of sp³-hybridized carbons (Fsp3) is 0.385. The number of carbonyl (C=O) groups excluding carboxylic acids is 2. The van der Waals surface area contributed by atoms with E-state index >= 15 is 0 Å². The first kappa shape index (κ1) is 13.7. The van der Waals surface area contributed by atoms with Gasteiger partial charge in [-0.25, -0.2) is 4.79 Å². The highest BCUT2D eigenvalue weighted by Crippen LogP contribution is 2.43. The topological polar surface area (TPSA) is 116 Å². The van der Waals surface area contributed by atoms with Gasteiger partial charge in [0.15, 0.2) is 0 Å². The Labute approximate surface area is 120 Å². The Morgan fingerprint density at radius 3 is 2.86 bits per heavy atom. The van der Waals surface area contributed by atoms with Gasteiger partial charge in [-0.2, -0.15) is 5.06 Å². The molecule has 8 nitrogen and oxygen atoms in total. The van der Waals surface area contributed by atoms with Crippen molar-refractivity contribution in [3.05, 3.63) is 29.3 Å². The number of hydrogen-bond donors (Lipinski definition) is 3. The van der Waals surface area contributed by atoms with E-state index in [-0.39, 0.29) is 19.8 Å². The van der Waals surface area contributed by atoms with Crippen LogP contribution in [0.4, 0.5) is 4.79 Å². The van der Waals surface area contributed by atoms with Crippen molar-refractivity contribution in [2.75, 3.05) is 19.8 Å². The third-order valence-corrected chi connectivity index (χ3v) is 3.76. The third-order valence-electron chi connectivity index (χ3n) is 3.76. The molecule has 2 aliphatic rings. The maximum absolute atomic E-state index is 12.0. The van der Waals surface area contributed by atoms with Crippen LogP contribution in [-0.4, -0.2) is 52.0 Å². The first-order chi connectivity index (χ1) is 10.0. The summed E-state index contributed by atoms with van der Waals surface area (Å²) >= 11 is 0. The van der Waals surface area contributed by atoms with Crippen LogP contribution in [0.2, 0.25) is 0 Å². The van der Waals surface area contributed by atoms with Gasteiger partial charge in [0, 0.05) is 0 Å². The monoisotopic (exact) mass is 293 g/mol. The molecule has 3 amide bonds. The largest absolute Gasteiger partial charge is 0.491 e. The molecule has 21 heavy (non-hydrogen) atoms. The van der Waals surface area contributed by atoms with E-state index in [9.17, 15) is 14.8 Å². The number of rotatable bonds is 4. The lowest BCUT2D eigenvalue weighted by Gasteiger charge is -2.30. The normalized spacial score (nSPS) is 23.2. The summed E-state index contributed by atoms with van der Waals surface area (Å²) in [6.07, 6.45) is 0. The van der Waals surface area contributed by atoms with E-state index in [1.807, 2.05) is 0 Å². The lowest BCUT2D eigenvalue weighted by atomic mass is 9.90. The molecule has 8 heteroatoms. The number of carbonyl (C=O) groups is 2. The quantitative estimate of drug-likeness (QED) is 0.663. The van der Waals surface area contributed by atoms with Gasteiger partial charge < -0.3 is 20.5 Å². The summed E-state index contributed by atoms with van der Waals surface area (Å²) < 4.78 is 5.32. The summed E-state index contributed by atoms with van der Waals surface area (Å²) in [6, 6.07) is 2.86. The summed E-state index contributed by atoms with van der Waals surface area (Å²) in [5.74, 6) is -0.158. The number of nitrogens with two attached hydrogens (primary N) is 1. The van der Waals surface area contributed by atoms with E-state index in [0.29, 0.717) is 21.9 Å². The van der Waals surface area contributed by atoms with Gasteiger partial charge in [-0.3, -0.25) is 10.0 Å². The Morgan fingerprint density at radius 1 is 1.43 bits per heavy atom. The molecule has 0 radical (unpaired) electrons. The standard InChI is InChI=1S/C13H15N3O5/c14-12(18)11-8-2-1-7(21-4-3-17)5-9(8)10-6-15(11)13(19)16(10)20/h1-2,5,10-11,17,20H,3-4,6H2,(H2,14,18)/t10-,11?/m1/s1. The van der Waals surface area contributed by atoms with Gasteiger partial charge in [-0.15, -0.1) is 0 Å². The summed E-state index contributed by atoms with van der Waals surface area (Å²) in [4.78, 5) is 24.9. The van der Waals surface area contributed by atoms with Crippen LogP contribution in [0.15, 0.2) is 18.2 Å². The smallest absolute Gasteiger partial charge is 0.345 e. The van der Waals surface area contributed by atoms with Crippen LogP contribution < -0.4 is 10.5 Å².